The molecule has 1 radical (unpaired) electrons. The predicted molar refractivity (Wildman–Crippen MR) is 43.4 cm³/mol. The summed E-state index contributed by atoms with van der Waals surface area (Å²) in [5.41, 5.74) is -3.15. The van der Waals surface area contributed by atoms with Crippen molar-refractivity contribution in [3.8, 4) is 0 Å². The molecule has 1 rings (SSSR count). The molecule has 0 spiro atoms. The van der Waals surface area contributed by atoms with Crippen LogP contribution in [0.25, 0.3) is 0 Å². The molecule has 0 aromatic heterocycles. The molecule has 0 unspecified atom stereocenters. The highest BCUT2D eigenvalue weighted by molar-refractivity contribution is 5.49. The lowest BCUT2D eigenvalue weighted by Crippen LogP contribution is -2.12. The maximum absolute atomic E-state index is 12.4. The highest BCUT2D eigenvalue weighted by Crippen LogP contribution is 2.38. The molecule has 81 valence electrons. The number of aliphatic hydroxyl groups is 1. The van der Waals surface area contributed by atoms with E-state index in [-0.39, 0.29) is 6.61 Å². The first-order valence-corrected chi connectivity index (χ1v) is 3.70. The Morgan fingerprint density at radius 1 is 1.40 bits per heavy atom. The summed E-state index contributed by atoms with van der Waals surface area (Å²) < 4.78 is 37.3. The number of aliphatic hydroxyl groups excluding tert-OH is 1. The Kier molecular flexibility index (Phi) is 2.94. The lowest BCUT2D eigenvalue weighted by Gasteiger charge is -2.10. The maximum atomic E-state index is 12.4. The van der Waals surface area contributed by atoms with Gasteiger partial charge in [0.25, 0.3) is 5.69 Å². The molecule has 0 saturated carbocycles. The second-order valence-corrected chi connectivity index (χ2v) is 2.63. The molecule has 0 atom stereocenters. The molecule has 15 heavy (non-hydrogen) atoms. The van der Waals surface area contributed by atoms with Gasteiger partial charge in [0.1, 0.15) is 12.2 Å². The lowest BCUT2D eigenvalue weighted by atomic mass is 10.1. The van der Waals surface area contributed by atoms with Crippen LogP contribution in [0.15, 0.2) is 18.2 Å². The van der Waals surface area contributed by atoms with E-state index >= 15 is 0 Å². The van der Waals surface area contributed by atoms with Crippen molar-refractivity contribution in [1.29, 1.82) is 0 Å². The minimum absolute atomic E-state index is 0.190. The number of hydrogen-bond donors (Lipinski definition) is 1. The molecule has 0 fully saturated rings. The highest BCUT2D eigenvalue weighted by Gasteiger charge is 2.40. The van der Waals surface area contributed by atoms with Gasteiger partial charge in [-0.05, 0) is 0 Å². The maximum Gasteiger partial charge on any atom is 0.423 e. The van der Waals surface area contributed by atoms with Crippen LogP contribution < -0.4 is 0 Å². The molecule has 0 aliphatic heterocycles. The first kappa shape index (κ1) is 11.4. The zero-order chi connectivity index (χ0) is 11.6. The number of alkyl halides is 3. The quantitative estimate of drug-likeness (QED) is 0.615. The van der Waals surface area contributed by atoms with Gasteiger partial charge in [0.2, 0.25) is 0 Å². The van der Waals surface area contributed by atoms with Crippen LogP contribution in [-0.4, -0.2) is 10.0 Å². The smallest absolute Gasteiger partial charge is 0.385 e. The second-order valence-electron chi connectivity index (χ2n) is 2.63. The van der Waals surface area contributed by atoms with E-state index in [1.54, 1.807) is 0 Å². The fraction of sp³-hybridized carbons (Fsp3) is 0.125. The topological polar surface area (TPSA) is 63.4 Å². The van der Waals surface area contributed by atoms with Crippen LogP contribution in [0.3, 0.4) is 0 Å². The minimum Gasteiger partial charge on any atom is -0.385 e. The standard InChI is InChI=1S/C8H5F3NO3/c9-8(10,11)7-5(4-13)2-1-3-6(7)12(14)15/h1-4,13H. The number of nitro benzene ring substituents is 1. The van der Waals surface area contributed by atoms with Crippen molar-refractivity contribution in [2.75, 3.05) is 0 Å². The first-order valence-electron chi connectivity index (χ1n) is 3.70. The van der Waals surface area contributed by atoms with Crippen molar-refractivity contribution in [3.05, 3.63) is 46.0 Å². The molecule has 0 aliphatic rings. The molecule has 0 saturated heterocycles. The summed E-state index contributed by atoms with van der Waals surface area (Å²) in [7, 11) is 0. The summed E-state index contributed by atoms with van der Waals surface area (Å²) in [6, 6.07) is 2.74. The number of nitro groups is 1. The molecule has 7 heteroatoms. The largest absolute Gasteiger partial charge is 0.423 e. The Morgan fingerprint density at radius 2 is 2.00 bits per heavy atom. The van der Waals surface area contributed by atoms with Gasteiger partial charge in [-0.3, -0.25) is 10.1 Å². The van der Waals surface area contributed by atoms with E-state index < -0.39 is 27.9 Å². The summed E-state index contributed by atoms with van der Waals surface area (Å²) in [5, 5.41) is 18.9. The third-order valence-electron chi connectivity index (χ3n) is 1.69. The number of nitrogens with zero attached hydrogens (tertiary/aromatic N) is 1. The summed E-state index contributed by atoms with van der Waals surface area (Å²) in [6.45, 7) is 0.190. The zero-order valence-electron chi connectivity index (χ0n) is 7.15. The Morgan fingerprint density at radius 3 is 2.40 bits per heavy atom. The summed E-state index contributed by atoms with van der Waals surface area (Å²) >= 11 is 0. The molecule has 4 nitrogen and oxygen atoms in total. The third kappa shape index (κ3) is 2.24. The Labute approximate surface area is 82.1 Å². The van der Waals surface area contributed by atoms with Crippen molar-refractivity contribution >= 4 is 5.69 Å². The number of rotatable bonds is 2. The fourth-order valence-corrected chi connectivity index (χ4v) is 1.13. The average molecular weight is 220 g/mol. The van der Waals surface area contributed by atoms with Crippen molar-refractivity contribution in [2.24, 2.45) is 0 Å². The highest BCUT2D eigenvalue weighted by atomic mass is 19.4. The van der Waals surface area contributed by atoms with Gasteiger partial charge in [0.05, 0.1) is 4.92 Å². The fourth-order valence-electron chi connectivity index (χ4n) is 1.13. The lowest BCUT2D eigenvalue weighted by molar-refractivity contribution is -0.388. The van der Waals surface area contributed by atoms with Gasteiger partial charge in [0.15, 0.2) is 0 Å². The van der Waals surface area contributed by atoms with Crippen molar-refractivity contribution in [2.45, 2.75) is 6.18 Å². The van der Waals surface area contributed by atoms with Gasteiger partial charge >= 0.3 is 6.18 Å². The van der Waals surface area contributed by atoms with Gasteiger partial charge < -0.3 is 5.11 Å². The monoisotopic (exact) mass is 220 g/mol. The molecule has 1 N–H and O–H groups in total. The van der Waals surface area contributed by atoms with Crippen LogP contribution in [0.1, 0.15) is 11.1 Å². The van der Waals surface area contributed by atoms with Crippen molar-refractivity contribution < 1.29 is 23.2 Å². The Balaban J connectivity index is 3.47. The Hall–Kier alpha value is -1.63. The van der Waals surface area contributed by atoms with Gasteiger partial charge in [-0.25, -0.2) is 0 Å². The van der Waals surface area contributed by atoms with E-state index in [0.29, 0.717) is 0 Å². The van der Waals surface area contributed by atoms with E-state index in [9.17, 15) is 23.3 Å². The predicted octanol–water partition coefficient (Wildman–Crippen LogP) is 2.50. The van der Waals surface area contributed by atoms with Crippen molar-refractivity contribution in [3.63, 3.8) is 0 Å². The number of benzene rings is 1. The summed E-state index contributed by atoms with van der Waals surface area (Å²) in [4.78, 5) is 9.20. The van der Waals surface area contributed by atoms with Gasteiger partial charge in [-0.1, -0.05) is 12.1 Å². The average Bonchev–Trinajstić information content (AvgIpc) is 2.15. The van der Waals surface area contributed by atoms with E-state index in [0.717, 1.165) is 18.2 Å². The van der Waals surface area contributed by atoms with Crippen molar-refractivity contribution in [1.82, 2.24) is 0 Å². The van der Waals surface area contributed by atoms with Crippen LogP contribution in [0.5, 0.6) is 0 Å². The van der Waals surface area contributed by atoms with E-state index in [1.165, 1.54) is 0 Å². The summed E-state index contributed by atoms with van der Waals surface area (Å²) in [6.07, 6.45) is -4.88. The molecule has 1 aromatic carbocycles. The normalized spacial score (nSPS) is 11.5. The van der Waals surface area contributed by atoms with E-state index in [1.807, 2.05) is 0 Å². The minimum atomic E-state index is -4.88. The zero-order valence-corrected chi connectivity index (χ0v) is 7.15. The van der Waals surface area contributed by atoms with E-state index in [4.69, 9.17) is 5.11 Å². The molecule has 0 aliphatic carbocycles. The van der Waals surface area contributed by atoms with Crippen LogP contribution in [0.4, 0.5) is 18.9 Å². The number of hydrogen-bond acceptors (Lipinski definition) is 3. The van der Waals surface area contributed by atoms with Crippen LogP contribution in [0.2, 0.25) is 0 Å². The molecule has 1 aromatic rings. The number of halogens is 3. The Bertz CT molecular complexity index is 389. The van der Waals surface area contributed by atoms with E-state index in [2.05, 4.69) is 0 Å². The SMILES string of the molecule is O=[N+]([O-])c1cccc([CH]O)c1C(F)(F)F. The third-order valence-corrected chi connectivity index (χ3v) is 1.69. The van der Waals surface area contributed by atoms with Crippen LogP contribution >= 0.6 is 0 Å². The molecular weight excluding hydrogens is 215 g/mol. The first-order chi connectivity index (χ1) is 6.88. The second kappa shape index (κ2) is 3.85. The molecule has 0 heterocycles. The molecule has 0 amide bonds. The van der Waals surface area contributed by atoms with Crippen LogP contribution in [0, 0.1) is 16.7 Å². The van der Waals surface area contributed by atoms with Gasteiger partial charge in [0, 0.05) is 11.6 Å². The molecule has 0 bridgehead atoms. The van der Waals surface area contributed by atoms with Gasteiger partial charge in [-0.2, -0.15) is 13.2 Å². The van der Waals surface area contributed by atoms with Gasteiger partial charge in [-0.15, -0.1) is 0 Å². The summed E-state index contributed by atoms with van der Waals surface area (Å²) in [5.74, 6) is 0. The van der Waals surface area contributed by atoms with Crippen LogP contribution in [-0.2, 0) is 6.18 Å². The molecular formula is C8H5F3NO3.